The van der Waals surface area contributed by atoms with Crippen molar-refractivity contribution in [2.24, 2.45) is 11.5 Å². The maximum Gasteiger partial charge on any atom is 0.408 e. The number of primary amides is 2. The molecule has 0 aliphatic heterocycles. The molecule has 0 radical (unpaired) electrons. The van der Waals surface area contributed by atoms with Gasteiger partial charge in [0.1, 0.15) is 23.3 Å². The Morgan fingerprint density at radius 3 is 1.42 bits per heavy atom. The molecule has 2 atom stereocenters. The minimum absolute atomic E-state index is 0.00990. The van der Waals surface area contributed by atoms with Gasteiger partial charge in [-0.1, -0.05) is 12.1 Å². The Kier molecular flexibility index (Phi) is 14.7. The van der Waals surface area contributed by atoms with Gasteiger partial charge in [-0.15, -0.1) is 0 Å². The number of phenols is 2. The number of ether oxygens (including phenoxy) is 4. The maximum absolute atomic E-state index is 11.9. The zero-order valence-corrected chi connectivity index (χ0v) is 28.2. The molecule has 2 rings (SSSR count). The lowest BCUT2D eigenvalue weighted by Crippen LogP contribution is -2.47. The number of rotatable bonds is 10. The smallest absolute Gasteiger partial charge is 0.408 e. The lowest BCUT2D eigenvalue weighted by atomic mass is 10.0. The number of carbonyl (C=O) groups is 6. The molecule has 0 heterocycles. The topological polar surface area (TPSA) is 256 Å². The Morgan fingerprint density at radius 1 is 0.646 bits per heavy atom. The quantitative estimate of drug-likeness (QED) is 0.121. The summed E-state index contributed by atoms with van der Waals surface area (Å²) in [4.78, 5) is 69.0. The third-order valence-corrected chi connectivity index (χ3v) is 5.50. The van der Waals surface area contributed by atoms with E-state index in [1.807, 2.05) is 0 Å². The van der Waals surface area contributed by atoms with Crippen LogP contribution in [0, 0.1) is 0 Å². The van der Waals surface area contributed by atoms with Gasteiger partial charge in [0.25, 0.3) is 0 Å². The highest BCUT2D eigenvalue weighted by Gasteiger charge is 2.25. The molecule has 0 saturated heterocycles. The van der Waals surface area contributed by atoms with Gasteiger partial charge < -0.3 is 51.3 Å². The van der Waals surface area contributed by atoms with E-state index in [-0.39, 0.29) is 35.8 Å². The van der Waals surface area contributed by atoms with Crippen molar-refractivity contribution in [3.05, 3.63) is 47.5 Å². The summed E-state index contributed by atoms with van der Waals surface area (Å²) in [5.74, 6) is -3.21. The molecule has 2 aromatic carbocycles. The molecule has 0 saturated carbocycles. The first-order chi connectivity index (χ1) is 22.0. The van der Waals surface area contributed by atoms with Gasteiger partial charge in [-0.3, -0.25) is 19.2 Å². The SMILES string of the molecule is CC(=O)Oc1ccc(C[C@H](NC(=O)OC(C)(C)C)C(N)=O)cc1OC(C)=O.CC(C)(C)OC(=O)N[C@@H](Cc1ccc(O)c(O)c1)C(N)=O. The minimum Gasteiger partial charge on any atom is -0.504 e. The van der Waals surface area contributed by atoms with Gasteiger partial charge in [0.05, 0.1) is 0 Å². The van der Waals surface area contributed by atoms with Gasteiger partial charge in [0.2, 0.25) is 11.8 Å². The van der Waals surface area contributed by atoms with Gasteiger partial charge in [-0.25, -0.2) is 9.59 Å². The van der Waals surface area contributed by atoms with E-state index in [0.717, 1.165) is 0 Å². The van der Waals surface area contributed by atoms with Crippen molar-refractivity contribution in [2.45, 2.75) is 91.5 Å². The molecule has 0 spiro atoms. The van der Waals surface area contributed by atoms with Crippen LogP contribution in [0.3, 0.4) is 0 Å². The van der Waals surface area contributed by atoms with Gasteiger partial charge in [0.15, 0.2) is 23.0 Å². The molecular weight excluding hydrogens is 632 g/mol. The number of alkyl carbamates (subject to hydrolysis) is 2. The number of benzene rings is 2. The number of phenolic OH excluding ortho intramolecular Hbond substituents is 2. The number of nitrogens with one attached hydrogen (secondary N) is 2. The zero-order valence-electron chi connectivity index (χ0n) is 28.2. The van der Waals surface area contributed by atoms with Crippen LogP contribution in [0.5, 0.6) is 23.0 Å². The zero-order chi connectivity index (χ0) is 37.0. The summed E-state index contributed by atoms with van der Waals surface area (Å²) < 4.78 is 20.2. The largest absolute Gasteiger partial charge is 0.504 e. The van der Waals surface area contributed by atoms with Crippen molar-refractivity contribution in [3.63, 3.8) is 0 Å². The molecule has 8 N–H and O–H groups in total. The van der Waals surface area contributed by atoms with E-state index in [1.54, 1.807) is 47.6 Å². The minimum atomic E-state index is -1.05. The predicted octanol–water partition coefficient (Wildman–Crippen LogP) is 2.48. The summed E-state index contributed by atoms with van der Waals surface area (Å²) >= 11 is 0. The van der Waals surface area contributed by atoms with Gasteiger partial charge in [-0.05, 0) is 76.9 Å². The molecule has 264 valence electrons. The van der Waals surface area contributed by atoms with Crippen molar-refractivity contribution in [2.75, 3.05) is 0 Å². The second kappa shape index (κ2) is 17.4. The maximum atomic E-state index is 11.9. The highest BCUT2D eigenvalue weighted by molar-refractivity contribution is 5.85. The third kappa shape index (κ3) is 16.1. The van der Waals surface area contributed by atoms with Crippen LogP contribution in [0.15, 0.2) is 36.4 Å². The molecule has 0 aliphatic rings. The summed E-state index contributed by atoms with van der Waals surface area (Å²) in [5, 5.41) is 23.4. The number of hydrogen-bond acceptors (Lipinski definition) is 12. The lowest BCUT2D eigenvalue weighted by molar-refractivity contribution is -0.134. The van der Waals surface area contributed by atoms with Crippen LogP contribution >= 0.6 is 0 Å². The van der Waals surface area contributed by atoms with Crippen molar-refractivity contribution < 1.29 is 57.9 Å². The van der Waals surface area contributed by atoms with Crippen LogP contribution in [0.25, 0.3) is 0 Å². The van der Waals surface area contributed by atoms with Crippen molar-refractivity contribution in [1.29, 1.82) is 0 Å². The fourth-order valence-corrected chi connectivity index (χ4v) is 3.67. The van der Waals surface area contributed by atoms with Crippen LogP contribution in [-0.2, 0) is 41.5 Å². The second-order valence-electron chi connectivity index (χ2n) is 12.4. The molecular formula is C32H44N4O12. The normalized spacial score (nSPS) is 12.2. The van der Waals surface area contributed by atoms with Crippen LogP contribution in [0.4, 0.5) is 9.59 Å². The van der Waals surface area contributed by atoms with E-state index in [2.05, 4.69) is 10.6 Å². The average molecular weight is 677 g/mol. The van der Waals surface area contributed by atoms with Crippen LogP contribution < -0.4 is 31.6 Å². The predicted molar refractivity (Wildman–Crippen MR) is 171 cm³/mol. The summed E-state index contributed by atoms with van der Waals surface area (Å²) in [6.45, 7) is 12.6. The van der Waals surface area contributed by atoms with Crippen molar-refractivity contribution >= 4 is 35.9 Å². The molecule has 0 bridgehead atoms. The molecule has 16 nitrogen and oxygen atoms in total. The summed E-state index contributed by atoms with van der Waals surface area (Å²) in [6, 6.07) is 6.46. The van der Waals surface area contributed by atoms with Gasteiger partial charge in [-0.2, -0.15) is 0 Å². The Morgan fingerprint density at radius 2 is 1.04 bits per heavy atom. The first-order valence-corrected chi connectivity index (χ1v) is 14.5. The number of esters is 2. The molecule has 0 aliphatic carbocycles. The van der Waals surface area contributed by atoms with E-state index >= 15 is 0 Å². The van der Waals surface area contributed by atoms with E-state index in [4.69, 9.17) is 30.4 Å². The highest BCUT2D eigenvalue weighted by atomic mass is 16.6. The van der Waals surface area contributed by atoms with Gasteiger partial charge >= 0.3 is 24.1 Å². The van der Waals surface area contributed by atoms with Crippen LogP contribution in [-0.4, -0.2) is 69.4 Å². The summed E-state index contributed by atoms with van der Waals surface area (Å²) in [7, 11) is 0. The first kappa shape index (κ1) is 40.5. The fraction of sp³-hybridized carbons (Fsp3) is 0.438. The Labute approximate surface area is 278 Å². The van der Waals surface area contributed by atoms with Crippen LogP contribution in [0.2, 0.25) is 0 Å². The number of carbonyl (C=O) groups excluding carboxylic acids is 6. The molecule has 48 heavy (non-hydrogen) atoms. The van der Waals surface area contributed by atoms with Crippen LogP contribution in [0.1, 0.15) is 66.5 Å². The molecule has 0 aromatic heterocycles. The third-order valence-electron chi connectivity index (χ3n) is 5.50. The highest BCUT2D eigenvalue weighted by Crippen LogP contribution is 2.29. The Hall–Kier alpha value is -5.54. The Balaban J connectivity index is 0.000000495. The standard InChI is InChI=1S/C18H24N2O7.C14H20N2O5/c1-10(21)25-14-7-6-12(9-15(14)26-11(2)22)8-13(16(19)23)20-17(24)27-18(3,4)5;1-14(2,3)21-13(20)16-9(12(15)19)6-8-4-5-10(17)11(18)7-8/h6-7,9,13H,8H2,1-5H3,(H2,19,23)(H,20,24);4-5,7,9,17-18H,6H2,1-3H3,(H2,15,19)(H,16,20)/t13-;9-/m00/s1. The number of aromatic hydroxyl groups is 2. The first-order valence-electron chi connectivity index (χ1n) is 14.5. The number of nitrogens with two attached hydrogens (primary N) is 2. The Bertz CT molecular complexity index is 1490. The lowest BCUT2D eigenvalue weighted by Gasteiger charge is -2.22. The van der Waals surface area contributed by atoms with Crippen molar-refractivity contribution in [3.8, 4) is 23.0 Å². The van der Waals surface area contributed by atoms with E-state index in [9.17, 15) is 39.0 Å². The fourth-order valence-electron chi connectivity index (χ4n) is 3.67. The summed E-state index contributed by atoms with van der Waals surface area (Å²) in [6.07, 6.45) is -1.46. The van der Waals surface area contributed by atoms with Gasteiger partial charge in [0, 0.05) is 26.7 Å². The van der Waals surface area contributed by atoms with E-state index < -0.39 is 59.2 Å². The molecule has 16 heteroatoms. The average Bonchev–Trinajstić information content (AvgIpc) is 2.89. The van der Waals surface area contributed by atoms with Crippen molar-refractivity contribution in [1.82, 2.24) is 10.6 Å². The number of amides is 4. The monoisotopic (exact) mass is 676 g/mol. The number of hydrogen-bond donors (Lipinski definition) is 6. The van der Waals surface area contributed by atoms with E-state index in [1.165, 1.54) is 44.2 Å². The molecule has 0 fully saturated rings. The molecule has 0 unspecified atom stereocenters. The summed E-state index contributed by atoms with van der Waals surface area (Å²) in [5.41, 5.74) is 10.2. The molecule has 4 amide bonds. The van der Waals surface area contributed by atoms with E-state index in [0.29, 0.717) is 11.1 Å². The molecule has 2 aromatic rings. The second-order valence-corrected chi connectivity index (χ2v) is 12.4.